The van der Waals surface area contributed by atoms with Crippen LogP contribution in [0.15, 0.2) is 57.9 Å². The molecule has 1 N–H and O–H groups in total. The number of halogens is 1. The third-order valence-electron chi connectivity index (χ3n) is 4.49. The van der Waals surface area contributed by atoms with Gasteiger partial charge in [-0.2, -0.15) is 9.57 Å². The van der Waals surface area contributed by atoms with Crippen LogP contribution in [0.1, 0.15) is 18.4 Å². The largest absolute Gasteiger partial charge is 0.326 e. The highest BCUT2D eigenvalue weighted by Crippen LogP contribution is 2.25. The van der Waals surface area contributed by atoms with E-state index in [1.54, 1.807) is 48.5 Å². The Morgan fingerprint density at radius 2 is 1.81 bits per heavy atom. The molecule has 6 nitrogen and oxygen atoms in total. The van der Waals surface area contributed by atoms with Gasteiger partial charge in [-0.3, -0.25) is 4.79 Å². The third-order valence-corrected chi connectivity index (χ3v) is 6.90. The van der Waals surface area contributed by atoms with Gasteiger partial charge in [-0.25, -0.2) is 8.42 Å². The summed E-state index contributed by atoms with van der Waals surface area (Å²) in [7, 11) is -3.63. The Morgan fingerprint density at radius 3 is 2.44 bits per heavy atom. The number of carbonyl (C=O) groups is 1. The summed E-state index contributed by atoms with van der Waals surface area (Å²) in [4.78, 5) is 12.8. The molecule has 1 fully saturated rings. The molecule has 27 heavy (non-hydrogen) atoms. The van der Waals surface area contributed by atoms with Crippen LogP contribution in [-0.2, 0) is 14.8 Å². The van der Waals surface area contributed by atoms with Gasteiger partial charge in [-0.15, -0.1) is 0 Å². The first-order chi connectivity index (χ1) is 12.9. The van der Waals surface area contributed by atoms with Crippen LogP contribution in [0.4, 0.5) is 5.69 Å². The summed E-state index contributed by atoms with van der Waals surface area (Å²) in [5.41, 5.74) is 1.10. The Bertz CT molecular complexity index is 967. The van der Waals surface area contributed by atoms with Crippen LogP contribution in [0.2, 0.25) is 0 Å². The number of nitrogens with zero attached hydrogens (tertiary/aromatic N) is 2. The summed E-state index contributed by atoms with van der Waals surface area (Å²) in [6.45, 7) is 0.555. The molecule has 0 saturated carbocycles. The number of carbonyl (C=O) groups excluding carboxylic acids is 1. The van der Waals surface area contributed by atoms with Gasteiger partial charge < -0.3 is 5.32 Å². The molecule has 140 valence electrons. The molecule has 1 heterocycles. The number of benzene rings is 2. The zero-order chi connectivity index (χ0) is 19.4. The van der Waals surface area contributed by atoms with E-state index in [1.807, 2.05) is 6.07 Å². The van der Waals surface area contributed by atoms with E-state index in [4.69, 9.17) is 5.26 Å². The molecule has 1 aliphatic heterocycles. The SMILES string of the molecule is N#Cc1ccc(NC(=O)C2CCCN(S(=O)(=O)c3ccc(Br)cc3)C2)cc1. The maximum atomic E-state index is 12.8. The van der Waals surface area contributed by atoms with E-state index in [9.17, 15) is 13.2 Å². The summed E-state index contributed by atoms with van der Waals surface area (Å²) in [5.74, 6) is -0.630. The molecular weight excluding hydrogens is 430 g/mol. The fraction of sp³-hybridized carbons (Fsp3) is 0.263. The molecule has 1 unspecified atom stereocenters. The van der Waals surface area contributed by atoms with Gasteiger partial charge in [0, 0.05) is 23.2 Å². The Hall–Kier alpha value is -2.21. The number of hydrogen-bond acceptors (Lipinski definition) is 4. The van der Waals surface area contributed by atoms with Crippen LogP contribution in [-0.4, -0.2) is 31.7 Å². The van der Waals surface area contributed by atoms with Gasteiger partial charge in [0.05, 0.1) is 22.4 Å². The standard InChI is InChI=1S/C19H18BrN3O3S/c20-16-5-9-18(10-6-16)27(25,26)23-11-1-2-15(13-23)19(24)22-17-7-3-14(12-21)4-8-17/h3-10,15H,1-2,11,13H2,(H,22,24). The zero-order valence-electron chi connectivity index (χ0n) is 14.4. The van der Waals surface area contributed by atoms with Crippen molar-refractivity contribution < 1.29 is 13.2 Å². The number of rotatable bonds is 4. The van der Waals surface area contributed by atoms with Gasteiger partial charge >= 0.3 is 0 Å². The minimum absolute atomic E-state index is 0.153. The maximum Gasteiger partial charge on any atom is 0.243 e. The molecule has 1 atom stereocenters. The molecule has 0 spiro atoms. The lowest BCUT2D eigenvalue weighted by Crippen LogP contribution is -2.43. The number of sulfonamides is 1. The minimum Gasteiger partial charge on any atom is -0.326 e. The van der Waals surface area contributed by atoms with E-state index in [0.29, 0.717) is 30.6 Å². The molecule has 0 aliphatic carbocycles. The van der Waals surface area contributed by atoms with Crippen molar-refractivity contribution in [2.45, 2.75) is 17.7 Å². The summed E-state index contributed by atoms with van der Waals surface area (Å²) in [5, 5.41) is 11.6. The quantitative estimate of drug-likeness (QED) is 0.777. The average Bonchev–Trinajstić information content (AvgIpc) is 2.69. The van der Waals surface area contributed by atoms with Crippen molar-refractivity contribution in [2.75, 3.05) is 18.4 Å². The summed E-state index contributed by atoms with van der Waals surface area (Å²) in [6.07, 6.45) is 1.26. The Balaban J connectivity index is 1.70. The topological polar surface area (TPSA) is 90.3 Å². The van der Waals surface area contributed by atoms with E-state index >= 15 is 0 Å². The molecule has 1 amide bonds. The van der Waals surface area contributed by atoms with Crippen LogP contribution < -0.4 is 5.32 Å². The first-order valence-electron chi connectivity index (χ1n) is 8.47. The van der Waals surface area contributed by atoms with Crippen molar-refractivity contribution >= 4 is 37.5 Å². The molecule has 1 aliphatic rings. The summed E-state index contributed by atoms with van der Waals surface area (Å²) < 4.78 is 27.9. The molecule has 0 bridgehead atoms. The summed E-state index contributed by atoms with van der Waals surface area (Å²) >= 11 is 3.30. The second kappa shape index (κ2) is 8.21. The average molecular weight is 448 g/mol. The summed E-state index contributed by atoms with van der Waals surface area (Å²) in [6, 6.07) is 15.1. The lowest BCUT2D eigenvalue weighted by Gasteiger charge is -2.31. The molecule has 0 radical (unpaired) electrons. The maximum absolute atomic E-state index is 12.8. The number of hydrogen-bond donors (Lipinski definition) is 1. The van der Waals surface area contributed by atoms with Gasteiger partial charge in [0.1, 0.15) is 0 Å². The number of anilines is 1. The highest BCUT2D eigenvalue weighted by atomic mass is 79.9. The lowest BCUT2D eigenvalue weighted by molar-refractivity contribution is -0.120. The molecule has 8 heteroatoms. The predicted octanol–water partition coefficient (Wildman–Crippen LogP) is 3.36. The van der Waals surface area contributed by atoms with Crippen LogP contribution in [0, 0.1) is 17.2 Å². The van der Waals surface area contributed by atoms with Crippen molar-refractivity contribution in [1.29, 1.82) is 5.26 Å². The normalized spacial score (nSPS) is 17.9. The molecule has 3 rings (SSSR count). The predicted molar refractivity (Wildman–Crippen MR) is 105 cm³/mol. The smallest absolute Gasteiger partial charge is 0.243 e. The minimum atomic E-state index is -3.63. The number of amides is 1. The van der Waals surface area contributed by atoms with E-state index in [0.717, 1.165) is 4.47 Å². The van der Waals surface area contributed by atoms with Crippen LogP contribution in [0.25, 0.3) is 0 Å². The highest BCUT2D eigenvalue weighted by Gasteiger charge is 2.33. The van der Waals surface area contributed by atoms with Crippen molar-refractivity contribution in [2.24, 2.45) is 5.92 Å². The van der Waals surface area contributed by atoms with Crippen molar-refractivity contribution in [3.05, 3.63) is 58.6 Å². The lowest BCUT2D eigenvalue weighted by atomic mass is 9.98. The number of nitriles is 1. The Kier molecular flexibility index (Phi) is 5.95. The van der Waals surface area contributed by atoms with Crippen LogP contribution >= 0.6 is 15.9 Å². The monoisotopic (exact) mass is 447 g/mol. The van der Waals surface area contributed by atoms with Crippen LogP contribution in [0.5, 0.6) is 0 Å². The fourth-order valence-corrected chi connectivity index (χ4v) is 4.79. The fourth-order valence-electron chi connectivity index (χ4n) is 3.00. The van der Waals surface area contributed by atoms with Crippen LogP contribution in [0.3, 0.4) is 0 Å². The van der Waals surface area contributed by atoms with E-state index in [1.165, 1.54) is 4.31 Å². The van der Waals surface area contributed by atoms with Crippen molar-refractivity contribution in [3.63, 3.8) is 0 Å². The van der Waals surface area contributed by atoms with Gasteiger partial charge in [0.15, 0.2) is 0 Å². The van der Waals surface area contributed by atoms with E-state index < -0.39 is 15.9 Å². The molecular formula is C19H18BrN3O3S. The highest BCUT2D eigenvalue weighted by molar-refractivity contribution is 9.10. The third kappa shape index (κ3) is 4.56. The molecule has 0 aromatic heterocycles. The van der Waals surface area contributed by atoms with Gasteiger partial charge in [0.2, 0.25) is 15.9 Å². The second-order valence-corrected chi connectivity index (χ2v) is 9.19. The van der Waals surface area contributed by atoms with Gasteiger partial charge in [-0.1, -0.05) is 15.9 Å². The Morgan fingerprint density at radius 1 is 1.15 bits per heavy atom. The zero-order valence-corrected chi connectivity index (χ0v) is 16.8. The van der Waals surface area contributed by atoms with Gasteiger partial charge in [-0.05, 0) is 61.4 Å². The molecule has 1 saturated heterocycles. The number of nitrogens with one attached hydrogen (secondary N) is 1. The van der Waals surface area contributed by atoms with Crippen molar-refractivity contribution in [1.82, 2.24) is 4.31 Å². The van der Waals surface area contributed by atoms with Crippen molar-refractivity contribution in [3.8, 4) is 6.07 Å². The number of piperidine rings is 1. The first kappa shape index (κ1) is 19.5. The molecule has 2 aromatic rings. The van der Waals surface area contributed by atoms with E-state index in [-0.39, 0.29) is 17.3 Å². The molecule has 2 aromatic carbocycles. The Labute approximate surface area is 167 Å². The van der Waals surface area contributed by atoms with Gasteiger partial charge in [0.25, 0.3) is 0 Å². The van der Waals surface area contributed by atoms with E-state index in [2.05, 4.69) is 21.2 Å². The second-order valence-electron chi connectivity index (χ2n) is 6.33. The first-order valence-corrected chi connectivity index (χ1v) is 10.7.